The summed E-state index contributed by atoms with van der Waals surface area (Å²) in [5.74, 6) is 0.656. The Morgan fingerprint density at radius 3 is 2.94 bits per heavy atom. The van der Waals surface area contributed by atoms with E-state index in [1.165, 1.54) is 0 Å². The van der Waals surface area contributed by atoms with E-state index in [-0.39, 0.29) is 11.9 Å². The molecule has 2 aromatic rings. The average Bonchev–Trinajstić information content (AvgIpc) is 2.78. The van der Waals surface area contributed by atoms with Crippen LogP contribution in [0.25, 0.3) is 11.0 Å². The first-order valence-electron chi connectivity index (χ1n) is 6.17. The smallest absolute Gasteiger partial charge is 0.217 e. The number of nitrogens with two attached hydrogens (primary N) is 1. The fraction of sp³-hybridized carbons (Fsp3) is 0.357. The van der Waals surface area contributed by atoms with Crippen LogP contribution in [0.3, 0.4) is 0 Å². The molecular weight excluding hydrogens is 228 g/mol. The fourth-order valence-electron chi connectivity index (χ4n) is 1.90. The van der Waals surface area contributed by atoms with Crippen LogP contribution in [0.2, 0.25) is 0 Å². The zero-order valence-corrected chi connectivity index (χ0v) is 10.5. The molecule has 0 aliphatic carbocycles. The van der Waals surface area contributed by atoms with Crippen LogP contribution in [0.4, 0.5) is 0 Å². The summed E-state index contributed by atoms with van der Waals surface area (Å²) in [6.45, 7) is 2.79. The number of para-hydroxylation sites is 1. The summed E-state index contributed by atoms with van der Waals surface area (Å²) in [5, 5.41) is 4.42. The van der Waals surface area contributed by atoms with Crippen LogP contribution < -0.4 is 11.1 Å². The van der Waals surface area contributed by atoms with Crippen molar-refractivity contribution in [3.8, 4) is 0 Å². The summed E-state index contributed by atoms with van der Waals surface area (Å²) in [4.78, 5) is 10.6. The van der Waals surface area contributed by atoms with Gasteiger partial charge in [0.25, 0.3) is 0 Å². The number of fused-ring (bicyclic) bond motifs is 1. The number of primary amides is 1. The minimum absolute atomic E-state index is 0.130. The third-order valence-corrected chi connectivity index (χ3v) is 2.92. The number of amides is 1. The van der Waals surface area contributed by atoms with Crippen molar-refractivity contribution in [3.05, 3.63) is 36.1 Å². The van der Waals surface area contributed by atoms with Crippen LogP contribution in [0.5, 0.6) is 0 Å². The number of hydrogen-bond donors (Lipinski definition) is 2. The van der Waals surface area contributed by atoms with Gasteiger partial charge in [0, 0.05) is 11.8 Å². The molecule has 1 aromatic carbocycles. The van der Waals surface area contributed by atoms with Crippen LogP contribution in [-0.4, -0.2) is 12.5 Å². The predicted octanol–water partition coefficient (Wildman–Crippen LogP) is 2.35. The molecule has 0 fully saturated rings. The number of carbonyl (C=O) groups is 1. The fourth-order valence-corrected chi connectivity index (χ4v) is 1.90. The van der Waals surface area contributed by atoms with Crippen molar-refractivity contribution in [1.82, 2.24) is 5.32 Å². The van der Waals surface area contributed by atoms with E-state index in [9.17, 15) is 4.79 Å². The molecule has 1 heterocycles. The van der Waals surface area contributed by atoms with Crippen molar-refractivity contribution < 1.29 is 9.21 Å². The van der Waals surface area contributed by atoms with Gasteiger partial charge in [-0.05, 0) is 32.0 Å². The largest absolute Gasteiger partial charge is 0.459 e. The molecule has 0 saturated carbocycles. The van der Waals surface area contributed by atoms with Crippen LogP contribution in [0.15, 0.2) is 34.7 Å². The summed E-state index contributed by atoms with van der Waals surface area (Å²) < 4.78 is 5.75. The minimum Gasteiger partial charge on any atom is -0.459 e. The maximum absolute atomic E-state index is 10.6. The molecule has 1 atom stereocenters. The molecule has 3 N–H and O–H groups in total. The summed E-state index contributed by atoms with van der Waals surface area (Å²) in [7, 11) is 0. The Hall–Kier alpha value is -1.81. The number of hydrogen-bond acceptors (Lipinski definition) is 3. The topological polar surface area (TPSA) is 68.3 Å². The highest BCUT2D eigenvalue weighted by atomic mass is 16.3. The number of nitrogens with one attached hydrogen (secondary N) is 1. The Labute approximate surface area is 106 Å². The summed E-state index contributed by atoms with van der Waals surface area (Å²) in [5.41, 5.74) is 5.99. The second kappa shape index (κ2) is 5.69. The molecule has 1 unspecified atom stereocenters. The van der Waals surface area contributed by atoms with Gasteiger partial charge in [-0.15, -0.1) is 0 Å². The van der Waals surface area contributed by atoms with Gasteiger partial charge in [-0.25, -0.2) is 0 Å². The standard InChI is InChI=1S/C14H18N2O2/c1-10(16-8-4-7-14(15)17)13-9-11-5-2-3-6-12(11)18-13/h2-3,5-6,9-10,16H,4,7-8H2,1H3,(H2,15,17). The van der Waals surface area contributed by atoms with Crippen LogP contribution in [0.1, 0.15) is 31.6 Å². The molecule has 0 aliphatic heterocycles. The molecular formula is C14H18N2O2. The van der Waals surface area contributed by atoms with E-state index in [0.717, 1.165) is 29.7 Å². The molecule has 0 saturated heterocycles. The van der Waals surface area contributed by atoms with Crippen molar-refractivity contribution in [2.24, 2.45) is 5.73 Å². The van der Waals surface area contributed by atoms with Crippen molar-refractivity contribution in [1.29, 1.82) is 0 Å². The van der Waals surface area contributed by atoms with E-state index in [1.807, 2.05) is 37.3 Å². The lowest BCUT2D eigenvalue weighted by atomic mass is 10.2. The third-order valence-electron chi connectivity index (χ3n) is 2.92. The van der Waals surface area contributed by atoms with E-state index in [4.69, 9.17) is 10.2 Å². The SMILES string of the molecule is CC(NCCCC(N)=O)c1cc2ccccc2o1. The highest BCUT2D eigenvalue weighted by Crippen LogP contribution is 2.23. The monoisotopic (exact) mass is 246 g/mol. The predicted molar refractivity (Wildman–Crippen MR) is 71.1 cm³/mol. The maximum Gasteiger partial charge on any atom is 0.217 e. The Bertz CT molecular complexity index is 500. The van der Waals surface area contributed by atoms with E-state index in [2.05, 4.69) is 5.32 Å². The molecule has 0 aliphatic rings. The van der Waals surface area contributed by atoms with E-state index >= 15 is 0 Å². The van der Waals surface area contributed by atoms with Crippen LogP contribution in [-0.2, 0) is 4.79 Å². The summed E-state index contributed by atoms with van der Waals surface area (Å²) in [6, 6.07) is 10.1. The number of furan rings is 1. The lowest BCUT2D eigenvalue weighted by Gasteiger charge is -2.10. The average molecular weight is 246 g/mol. The van der Waals surface area contributed by atoms with E-state index < -0.39 is 0 Å². The zero-order valence-electron chi connectivity index (χ0n) is 10.5. The van der Waals surface area contributed by atoms with Gasteiger partial charge < -0.3 is 15.5 Å². The Kier molecular flexibility index (Phi) is 3.99. The molecule has 4 nitrogen and oxygen atoms in total. The molecule has 96 valence electrons. The zero-order chi connectivity index (χ0) is 13.0. The molecule has 18 heavy (non-hydrogen) atoms. The van der Waals surface area contributed by atoms with Gasteiger partial charge in [0.05, 0.1) is 6.04 Å². The van der Waals surface area contributed by atoms with Gasteiger partial charge >= 0.3 is 0 Å². The second-order valence-corrected chi connectivity index (χ2v) is 4.43. The molecule has 1 aromatic heterocycles. The highest BCUT2D eigenvalue weighted by molar-refractivity contribution is 5.77. The molecule has 0 bridgehead atoms. The van der Waals surface area contributed by atoms with E-state index in [0.29, 0.717) is 6.42 Å². The van der Waals surface area contributed by atoms with Gasteiger partial charge in [0.1, 0.15) is 11.3 Å². The van der Waals surface area contributed by atoms with Crippen molar-refractivity contribution in [2.45, 2.75) is 25.8 Å². The lowest BCUT2D eigenvalue weighted by Crippen LogP contribution is -2.21. The highest BCUT2D eigenvalue weighted by Gasteiger charge is 2.10. The molecule has 1 amide bonds. The molecule has 0 spiro atoms. The van der Waals surface area contributed by atoms with Crippen molar-refractivity contribution in [3.63, 3.8) is 0 Å². The van der Waals surface area contributed by atoms with Gasteiger partial charge in [-0.1, -0.05) is 18.2 Å². The first kappa shape index (κ1) is 12.6. The Morgan fingerprint density at radius 1 is 1.44 bits per heavy atom. The van der Waals surface area contributed by atoms with Crippen LogP contribution >= 0.6 is 0 Å². The molecule has 0 radical (unpaired) electrons. The Balaban J connectivity index is 1.92. The van der Waals surface area contributed by atoms with Crippen molar-refractivity contribution in [2.75, 3.05) is 6.54 Å². The van der Waals surface area contributed by atoms with Gasteiger partial charge in [0.15, 0.2) is 0 Å². The van der Waals surface area contributed by atoms with E-state index in [1.54, 1.807) is 0 Å². The van der Waals surface area contributed by atoms with Crippen molar-refractivity contribution >= 4 is 16.9 Å². The summed E-state index contributed by atoms with van der Waals surface area (Å²) in [6.07, 6.45) is 1.17. The molecule has 4 heteroatoms. The Morgan fingerprint density at radius 2 is 2.22 bits per heavy atom. The normalized spacial score (nSPS) is 12.7. The first-order valence-corrected chi connectivity index (χ1v) is 6.17. The number of carbonyl (C=O) groups excluding carboxylic acids is 1. The van der Waals surface area contributed by atoms with Crippen LogP contribution in [0, 0.1) is 0 Å². The second-order valence-electron chi connectivity index (χ2n) is 4.43. The van der Waals surface area contributed by atoms with Gasteiger partial charge in [0.2, 0.25) is 5.91 Å². The quantitative estimate of drug-likeness (QED) is 0.769. The lowest BCUT2D eigenvalue weighted by molar-refractivity contribution is -0.118. The number of rotatable bonds is 6. The summed E-state index contributed by atoms with van der Waals surface area (Å²) >= 11 is 0. The minimum atomic E-state index is -0.256. The molecule has 2 rings (SSSR count). The van der Waals surface area contributed by atoms with Gasteiger partial charge in [-0.3, -0.25) is 4.79 Å². The van der Waals surface area contributed by atoms with Gasteiger partial charge in [-0.2, -0.15) is 0 Å². The number of benzene rings is 1. The third kappa shape index (κ3) is 3.11. The first-order chi connectivity index (χ1) is 8.66. The maximum atomic E-state index is 10.6.